The maximum absolute atomic E-state index is 13.8. The Balaban J connectivity index is 1.49. The van der Waals surface area contributed by atoms with Gasteiger partial charge < -0.3 is 23.7 Å². The molecule has 2 aliphatic rings. The molecular weight excluding hydrogens is 564 g/mol. The largest absolute Gasteiger partial charge is 0.497 e. The van der Waals surface area contributed by atoms with E-state index < -0.39 is 5.60 Å². The molecule has 0 aliphatic heterocycles. The van der Waals surface area contributed by atoms with Gasteiger partial charge in [-0.05, 0) is 89.1 Å². The van der Waals surface area contributed by atoms with Crippen LogP contribution in [0, 0.1) is 35.0 Å². The molecule has 0 bridgehead atoms. The Morgan fingerprint density at radius 1 is 0.778 bits per heavy atom. The van der Waals surface area contributed by atoms with Crippen molar-refractivity contribution in [3.63, 3.8) is 0 Å². The first-order valence-electron chi connectivity index (χ1n) is 16.3. The average molecular weight is 615 g/mol. The first-order valence-corrected chi connectivity index (χ1v) is 16.3. The van der Waals surface area contributed by atoms with Gasteiger partial charge in [0.15, 0.2) is 0 Å². The summed E-state index contributed by atoms with van der Waals surface area (Å²) in [6.07, 6.45) is 3.24. The van der Waals surface area contributed by atoms with Gasteiger partial charge in [0, 0.05) is 5.92 Å². The average Bonchev–Trinajstić information content (AvgIpc) is 3.61. The monoisotopic (exact) mass is 614 g/mol. The highest BCUT2D eigenvalue weighted by Gasteiger charge is 2.63. The predicted molar refractivity (Wildman–Crippen MR) is 177 cm³/mol. The summed E-state index contributed by atoms with van der Waals surface area (Å²) in [7, 11) is 4.99. The lowest BCUT2D eigenvalue weighted by Gasteiger charge is -2.37. The number of hydrogen-bond acceptors (Lipinski definition) is 6. The fourth-order valence-electron chi connectivity index (χ4n) is 7.44. The molecule has 0 radical (unpaired) electrons. The van der Waals surface area contributed by atoms with Crippen LogP contribution >= 0.6 is 0 Å². The van der Waals surface area contributed by atoms with Crippen LogP contribution in [0.4, 0.5) is 0 Å². The summed E-state index contributed by atoms with van der Waals surface area (Å²) in [6, 6.07) is 24.0. The SMILES string of the molecule is COc1ccc(C(OCC2C(C(=O)OC3CC(C)CCC3C(C)C)C2(C)C)(c2ccc(OC)cc2)c2ccc(OC)cc2)cc1. The number of esters is 1. The van der Waals surface area contributed by atoms with Crippen molar-refractivity contribution in [2.24, 2.45) is 35.0 Å². The topological polar surface area (TPSA) is 63.2 Å². The van der Waals surface area contributed by atoms with Crippen LogP contribution in [0.5, 0.6) is 17.2 Å². The highest BCUT2D eigenvalue weighted by atomic mass is 16.5. The second-order valence-electron chi connectivity index (χ2n) is 13.9. The minimum Gasteiger partial charge on any atom is -0.497 e. The maximum Gasteiger partial charge on any atom is 0.310 e. The van der Waals surface area contributed by atoms with E-state index in [9.17, 15) is 4.79 Å². The molecule has 0 saturated heterocycles. The van der Waals surface area contributed by atoms with Gasteiger partial charge in [-0.3, -0.25) is 4.79 Å². The van der Waals surface area contributed by atoms with E-state index >= 15 is 0 Å². The van der Waals surface area contributed by atoms with E-state index in [0.717, 1.165) is 46.8 Å². The molecule has 3 aromatic carbocycles. The summed E-state index contributed by atoms with van der Waals surface area (Å²) in [5, 5.41) is 0. The van der Waals surface area contributed by atoms with Crippen LogP contribution in [-0.4, -0.2) is 40.0 Å². The molecule has 5 unspecified atom stereocenters. The summed E-state index contributed by atoms with van der Waals surface area (Å²) in [5.74, 6) is 3.47. The highest BCUT2D eigenvalue weighted by molar-refractivity contribution is 5.78. The third kappa shape index (κ3) is 6.58. The molecule has 5 atom stereocenters. The predicted octanol–water partition coefficient (Wildman–Crippen LogP) is 8.30. The first-order chi connectivity index (χ1) is 21.5. The summed E-state index contributed by atoms with van der Waals surface area (Å²) < 4.78 is 30.0. The van der Waals surface area contributed by atoms with Crippen molar-refractivity contribution >= 4 is 5.97 Å². The van der Waals surface area contributed by atoms with E-state index in [-0.39, 0.29) is 29.3 Å². The van der Waals surface area contributed by atoms with Gasteiger partial charge in [-0.25, -0.2) is 0 Å². The molecule has 2 aliphatic carbocycles. The number of carbonyl (C=O) groups excluding carboxylic acids is 1. The Hall–Kier alpha value is -3.51. The molecule has 242 valence electrons. The maximum atomic E-state index is 13.8. The lowest BCUT2D eigenvalue weighted by molar-refractivity contribution is -0.159. The smallest absolute Gasteiger partial charge is 0.310 e. The first kappa shape index (κ1) is 32.9. The second kappa shape index (κ2) is 13.5. The van der Waals surface area contributed by atoms with Crippen molar-refractivity contribution in [2.45, 2.75) is 65.6 Å². The standard InChI is InChI=1S/C39H50O6/c1-25(2)33-22-9-26(3)23-35(33)45-37(40)36-34(38(36,4)5)24-44-39(27-10-16-30(41-6)17-11-27,28-12-18-31(42-7)19-13-28)29-14-20-32(43-8)21-15-29/h10-21,25-26,33-36H,9,22-24H2,1-8H3. The molecule has 6 nitrogen and oxygen atoms in total. The molecule has 3 aromatic rings. The normalized spacial score (nSPS) is 24.2. The number of rotatable bonds is 12. The molecule has 0 amide bonds. The van der Waals surface area contributed by atoms with Crippen LogP contribution in [0.1, 0.15) is 70.6 Å². The lowest BCUT2D eigenvalue weighted by Crippen LogP contribution is -2.36. The molecule has 0 aromatic heterocycles. The highest BCUT2D eigenvalue weighted by Crippen LogP contribution is 2.60. The van der Waals surface area contributed by atoms with Crippen LogP contribution in [0.2, 0.25) is 0 Å². The Kier molecular flexibility index (Phi) is 9.83. The van der Waals surface area contributed by atoms with Crippen molar-refractivity contribution in [1.29, 1.82) is 0 Å². The molecule has 0 N–H and O–H groups in total. The lowest BCUT2D eigenvalue weighted by atomic mass is 9.75. The zero-order valence-electron chi connectivity index (χ0n) is 28.2. The van der Waals surface area contributed by atoms with Crippen molar-refractivity contribution in [2.75, 3.05) is 27.9 Å². The summed E-state index contributed by atoms with van der Waals surface area (Å²) in [5.41, 5.74) is 1.64. The Morgan fingerprint density at radius 3 is 1.62 bits per heavy atom. The van der Waals surface area contributed by atoms with E-state index in [1.54, 1.807) is 21.3 Å². The van der Waals surface area contributed by atoms with E-state index in [1.807, 2.05) is 72.8 Å². The zero-order valence-corrected chi connectivity index (χ0v) is 28.2. The van der Waals surface area contributed by atoms with Crippen LogP contribution in [0.25, 0.3) is 0 Å². The van der Waals surface area contributed by atoms with Gasteiger partial charge in [0.25, 0.3) is 0 Å². The van der Waals surface area contributed by atoms with Gasteiger partial charge in [-0.2, -0.15) is 0 Å². The number of methoxy groups -OCH3 is 3. The number of hydrogen-bond donors (Lipinski definition) is 0. The van der Waals surface area contributed by atoms with Crippen LogP contribution in [0.3, 0.4) is 0 Å². The fraction of sp³-hybridized carbons (Fsp3) is 0.513. The van der Waals surface area contributed by atoms with E-state index in [0.29, 0.717) is 24.4 Å². The Morgan fingerprint density at radius 2 is 1.22 bits per heavy atom. The molecular formula is C39H50O6. The fourth-order valence-corrected chi connectivity index (χ4v) is 7.44. The van der Waals surface area contributed by atoms with Crippen molar-refractivity contribution in [3.05, 3.63) is 89.5 Å². The number of benzene rings is 3. The van der Waals surface area contributed by atoms with Gasteiger partial charge in [0.05, 0.1) is 33.9 Å². The van der Waals surface area contributed by atoms with Gasteiger partial charge in [-0.15, -0.1) is 0 Å². The third-order valence-corrected chi connectivity index (χ3v) is 10.5. The van der Waals surface area contributed by atoms with Crippen molar-refractivity contribution in [1.82, 2.24) is 0 Å². The molecule has 0 spiro atoms. The quantitative estimate of drug-likeness (QED) is 0.151. The van der Waals surface area contributed by atoms with Gasteiger partial charge >= 0.3 is 5.97 Å². The van der Waals surface area contributed by atoms with Crippen molar-refractivity contribution in [3.8, 4) is 17.2 Å². The molecule has 0 heterocycles. The van der Waals surface area contributed by atoms with Crippen LogP contribution in [-0.2, 0) is 19.9 Å². The minimum absolute atomic E-state index is 0.0117. The van der Waals surface area contributed by atoms with Crippen molar-refractivity contribution < 1.29 is 28.5 Å². The Labute approximate surface area is 269 Å². The summed E-state index contributed by atoms with van der Waals surface area (Å²) >= 11 is 0. The van der Waals surface area contributed by atoms with E-state index in [4.69, 9.17) is 23.7 Å². The molecule has 5 rings (SSSR count). The zero-order chi connectivity index (χ0) is 32.4. The number of ether oxygens (including phenoxy) is 5. The van der Waals surface area contributed by atoms with E-state index in [2.05, 4.69) is 34.6 Å². The van der Waals surface area contributed by atoms with Gasteiger partial charge in [0.2, 0.25) is 0 Å². The van der Waals surface area contributed by atoms with Crippen LogP contribution in [0.15, 0.2) is 72.8 Å². The molecule has 45 heavy (non-hydrogen) atoms. The summed E-state index contributed by atoms with van der Waals surface area (Å²) in [6.45, 7) is 11.5. The third-order valence-electron chi connectivity index (χ3n) is 10.5. The van der Waals surface area contributed by atoms with Crippen LogP contribution < -0.4 is 14.2 Å². The van der Waals surface area contributed by atoms with E-state index in [1.165, 1.54) is 6.42 Å². The van der Waals surface area contributed by atoms with Gasteiger partial charge in [-0.1, -0.05) is 77.4 Å². The summed E-state index contributed by atoms with van der Waals surface area (Å²) in [4.78, 5) is 13.8. The number of carbonyl (C=O) groups is 1. The second-order valence-corrected chi connectivity index (χ2v) is 13.9. The Bertz CT molecular complexity index is 1290. The molecule has 2 saturated carbocycles. The minimum atomic E-state index is -0.973. The van der Waals surface area contributed by atoms with Gasteiger partial charge in [0.1, 0.15) is 29.0 Å². The molecule has 6 heteroatoms. The molecule has 2 fully saturated rings.